The van der Waals surface area contributed by atoms with E-state index in [4.69, 9.17) is 5.73 Å². The van der Waals surface area contributed by atoms with Gasteiger partial charge < -0.3 is 5.73 Å². The van der Waals surface area contributed by atoms with Gasteiger partial charge in [-0.25, -0.2) is 8.42 Å². The molecule has 0 bridgehead atoms. The van der Waals surface area contributed by atoms with Crippen molar-refractivity contribution in [2.24, 2.45) is 11.7 Å². The lowest BCUT2D eigenvalue weighted by molar-refractivity contribution is 0.497. The van der Waals surface area contributed by atoms with E-state index in [1.165, 1.54) is 0 Å². The lowest BCUT2D eigenvalue weighted by Gasteiger charge is -2.21. The molecule has 4 heteroatoms. The first-order chi connectivity index (χ1) is 6.61. The van der Waals surface area contributed by atoms with Gasteiger partial charge in [0.25, 0.3) is 0 Å². The summed E-state index contributed by atoms with van der Waals surface area (Å²) in [4.78, 5) is 0. The molecule has 14 heavy (non-hydrogen) atoms. The molecule has 2 unspecified atom stereocenters. The summed E-state index contributed by atoms with van der Waals surface area (Å²) < 4.78 is 23.8. The third-order valence-electron chi connectivity index (χ3n) is 3.47. The molecule has 0 radical (unpaired) electrons. The molecule has 1 saturated carbocycles. The van der Waals surface area contributed by atoms with Crippen molar-refractivity contribution >= 4 is 9.84 Å². The topological polar surface area (TPSA) is 60.2 Å². The van der Waals surface area contributed by atoms with Crippen LogP contribution in [0.1, 0.15) is 38.5 Å². The lowest BCUT2D eigenvalue weighted by Crippen LogP contribution is -2.42. The quantitative estimate of drug-likeness (QED) is 0.753. The van der Waals surface area contributed by atoms with Gasteiger partial charge in [0.2, 0.25) is 0 Å². The van der Waals surface area contributed by atoms with E-state index in [9.17, 15) is 8.42 Å². The van der Waals surface area contributed by atoms with Gasteiger partial charge in [-0.15, -0.1) is 0 Å². The Bertz CT molecular complexity index is 295. The first-order valence-electron chi connectivity index (χ1n) is 5.58. The molecule has 0 amide bonds. The molecule has 1 aliphatic heterocycles. The van der Waals surface area contributed by atoms with Crippen molar-refractivity contribution < 1.29 is 8.42 Å². The Kier molecular flexibility index (Phi) is 2.84. The standard InChI is InChI=1S/C10H19NO2S/c11-10(8-5-6-8)9-4-2-1-3-7-14(9,12)13/h8-10H,1-7,11H2. The van der Waals surface area contributed by atoms with E-state index in [1.54, 1.807) is 0 Å². The molecule has 1 saturated heterocycles. The van der Waals surface area contributed by atoms with Gasteiger partial charge in [-0.1, -0.05) is 12.8 Å². The largest absolute Gasteiger partial charge is 0.326 e. The zero-order valence-electron chi connectivity index (χ0n) is 8.48. The van der Waals surface area contributed by atoms with Gasteiger partial charge in [0.1, 0.15) is 0 Å². The fourth-order valence-corrected chi connectivity index (χ4v) is 4.51. The molecule has 1 heterocycles. The highest BCUT2D eigenvalue weighted by atomic mass is 32.2. The molecule has 0 aromatic carbocycles. The van der Waals surface area contributed by atoms with E-state index in [0.717, 1.165) is 38.5 Å². The first kappa shape index (κ1) is 10.4. The van der Waals surface area contributed by atoms with Crippen LogP contribution in [0, 0.1) is 5.92 Å². The van der Waals surface area contributed by atoms with Gasteiger partial charge in [-0.05, 0) is 31.6 Å². The van der Waals surface area contributed by atoms with Crippen molar-refractivity contribution in [1.82, 2.24) is 0 Å². The Hall–Kier alpha value is -0.0900. The van der Waals surface area contributed by atoms with Crippen LogP contribution in [0.3, 0.4) is 0 Å². The third kappa shape index (κ3) is 2.11. The maximum Gasteiger partial charge on any atom is 0.154 e. The molecule has 1 aliphatic carbocycles. The molecule has 2 aliphatic rings. The van der Waals surface area contributed by atoms with Gasteiger partial charge in [0.15, 0.2) is 9.84 Å². The SMILES string of the molecule is NC(C1CC1)C1CCCCCS1(=O)=O. The van der Waals surface area contributed by atoms with Crippen LogP contribution in [-0.4, -0.2) is 25.5 Å². The number of hydrogen-bond donors (Lipinski definition) is 1. The zero-order valence-corrected chi connectivity index (χ0v) is 9.30. The molecule has 2 N–H and O–H groups in total. The Labute approximate surface area is 86.0 Å². The zero-order chi connectivity index (χ0) is 10.2. The predicted octanol–water partition coefficient (Wildman–Crippen LogP) is 1.08. The normalized spacial score (nSPS) is 34.8. The van der Waals surface area contributed by atoms with Crippen molar-refractivity contribution in [1.29, 1.82) is 0 Å². The summed E-state index contributed by atoms with van der Waals surface area (Å²) in [7, 11) is -2.89. The van der Waals surface area contributed by atoms with Gasteiger partial charge in [-0.2, -0.15) is 0 Å². The lowest BCUT2D eigenvalue weighted by atomic mass is 10.0. The fraction of sp³-hybridized carbons (Fsp3) is 1.00. The molecule has 82 valence electrons. The van der Waals surface area contributed by atoms with Crippen molar-refractivity contribution in [2.45, 2.75) is 49.8 Å². The fourth-order valence-electron chi connectivity index (χ4n) is 2.37. The minimum atomic E-state index is -2.89. The van der Waals surface area contributed by atoms with Gasteiger partial charge in [0.05, 0.1) is 11.0 Å². The molecule has 0 aromatic rings. The van der Waals surface area contributed by atoms with Crippen molar-refractivity contribution in [3.63, 3.8) is 0 Å². The van der Waals surface area contributed by atoms with Crippen LogP contribution in [0.25, 0.3) is 0 Å². The summed E-state index contributed by atoms with van der Waals surface area (Å²) in [6.07, 6.45) is 5.97. The predicted molar refractivity (Wildman–Crippen MR) is 56.7 cm³/mol. The van der Waals surface area contributed by atoms with E-state index < -0.39 is 9.84 Å². The van der Waals surface area contributed by atoms with E-state index in [2.05, 4.69) is 0 Å². The second-order valence-corrected chi connectivity index (χ2v) is 7.01. The summed E-state index contributed by atoms with van der Waals surface area (Å²) in [6, 6.07) is -0.0851. The van der Waals surface area contributed by atoms with Crippen LogP contribution in [0.5, 0.6) is 0 Å². The summed E-state index contributed by atoms with van der Waals surface area (Å²) in [5.74, 6) is 0.853. The van der Waals surface area contributed by atoms with E-state index >= 15 is 0 Å². The van der Waals surface area contributed by atoms with Gasteiger partial charge in [0, 0.05) is 6.04 Å². The van der Waals surface area contributed by atoms with Crippen molar-refractivity contribution in [2.75, 3.05) is 5.75 Å². The maximum absolute atomic E-state index is 11.9. The molecule has 2 atom stereocenters. The van der Waals surface area contributed by atoms with Crippen molar-refractivity contribution in [3.8, 4) is 0 Å². The minimum Gasteiger partial charge on any atom is -0.326 e. The number of rotatable bonds is 2. The van der Waals surface area contributed by atoms with Crippen LogP contribution in [-0.2, 0) is 9.84 Å². The number of sulfone groups is 1. The van der Waals surface area contributed by atoms with Crippen LogP contribution in [0.15, 0.2) is 0 Å². The number of nitrogens with two attached hydrogens (primary N) is 1. The molecule has 3 nitrogen and oxygen atoms in total. The van der Waals surface area contributed by atoms with Crippen LogP contribution >= 0.6 is 0 Å². The molecule has 0 spiro atoms. The average Bonchev–Trinajstić information content (AvgIpc) is 2.90. The van der Waals surface area contributed by atoms with Crippen LogP contribution < -0.4 is 5.73 Å². The minimum absolute atomic E-state index is 0.0851. The van der Waals surface area contributed by atoms with E-state index in [1.807, 2.05) is 0 Å². The van der Waals surface area contributed by atoms with Crippen LogP contribution in [0.4, 0.5) is 0 Å². The highest BCUT2D eigenvalue weighted by Crippen LogP contribution is 2.36. The molecule has 2 fully saturated rings. The summed E-state index contributed by atoms with van der Waals surface area (Å²) in [5.41, 5.74) is 6.02. The van der Waals surface area contributed by atoms with Crippen molar-refractivity contribution in [3.05, 3.63) is 0 Å². The second-order valence-electron chi connectivity index (χ2n) is 4.67. The molecular formula is C10H19NO2S. The van der Waals surface area contributed by atoms with Crippen LogP contribution in [0.2, 0.25) is 0 Å². The Balaban J connectivity index is 2.12. The first-order valence-corrected chi connectivity index (χ1v) is 7.30. The second kappa shape index (κ2) is 3.81. The highest BCUT2D eigenvalue weighted by molar-refractivity contribution is 7.92. The summed E-state index contributed by atoms with van der Waals surface area (Å²) >= 11 is 0. The third-order valence-corrected chi connectivity index (χ3v) is 5.80. The summed E-state index contributed by atoms with van der Waals surface area (Å²) in [5, 5.41) is -0.238. The van der Waals surface area contributed by atoms with Gasteiger partial charge >= 0.3 is 0 Å². The van der Waals surface area contributed by atoms with Gasteiger partial charge in [-0.3, -0.25) is 0 Å². The van der Waals surface area contributed by atoms with E-state index in [-0.39, 0.29) is 11.3 Å². The average molecular weight is 217 g/mol. The molecule has 0 aromatic heterocycles. The number of hydrogen-bond acceptors (Lipinski definition) is 3. The Morgan fingerprint density at radius 2 is 1.79 bits per heavy atom. The molecular weight excluding hydrogens is 198 g/mol. The molecule has 2 rings (SSSR count). The maximum atomic E-state index is 11.9. The Morgan fingerprint density at radius 3 is 2.43 bits per heavy atom. The smallest absolute Gasteiger partial charge is 0.154 e. The Morgan fingerprint density at radius 1 is 1.07 bits per heavy atom. The highest BCUT2D eigenvalue weighted by Gasteiger charge is 2.40. The monoisotopic (exact) mass is 217 g/mol. The van der Waals surface area contributed by atoms with E-state index in [0.29, 0.717) is 11.7 Å². The summed E-state index contributed by atoms with van der Waals surface area (Å²) in [6.45, 7) is 0.